The lowest BCUT2D eigenvalue weighted by Crippen LogP contribution is -2.54. The highest BCUT2D eigenvalue weighted by molar-refractivity contribution is 7.80. The summed E-state index contributed by atoms with van der Waals surface area (Å²) < 4.78 is 0. The number of hydrogen-bond donors (Lipinski definition) is 3. The Labute approximate surface area is 174 Å². The Morgan fingerprint density at radius 1 is 0.964 bits per heavy atom. The summed E-state index contributed by atoms with van der Waals surface area (Å²) in [6.45, 7) is 0. The van der Waals surface area contributed by atoms with Gasteiger partial charge in [-0.25, -0.2) is 0 Å². The number of aliphatic hydroxyl groups excluding tert-OH is 1. The lowest BCUT2D eigenvalue weighted by molar-refractivity contribution is 0.137. The number of hydrogen-bond acceptors (Lipinski definition) is 3. The summed E-state index contributed by atoms with van der Waals surface area (Å²) in [4.78, 5) is 2.28. The van der Waals surface area contributed by atoms with Gasteiger partial charge in [0.1, 0.15) is 6.10 Å². The van der Waals surface area contributed by atoms with Crippen molar-refractivity contribution >= 4 is 17.3 Å². The molecular weight excluding hydrogens is 366 g/mol. The minimum Gasteiger partial charge on any atom is -0.386 e. The molecular formula is C23H31N3OS. The molecule has 0 heterocycles. The van der Waals surface area contributed by atoms with E-state index in [0.29, 0.717) is 17.2 Å². The zero-order chi connectivity index (χ0) is 19.9. The molecule has 0 aliphatic heterocycles. The molecule has 1 fully saturated rings. The molecule has 2 aromatic carbocycles. The van der Waals surface area contributed by atoms with Crippen LogP contribution in [0.25, 0.3) is 0 Å². The third-order valence-corrected chi connectivity index (χ3v) is 5.85. The predicted octanol–water partition coefficient (Wildman–Crippen LogP) is 3.80. The standard InChI is InChI=1S/C23H31N3OS/c1-26(2)20-16-10-9-15-19(20)24-23(28)25-21(17-11-5-3-6-12-17)22(27)18-13-7-4-8-14-18/h3-8,11-14,19-22,27H,9-10,15-16H2,1-2H3,(H2,24,25,28)/t19-,20-,21-,22+/m0/s1. The molecule has 0 aromatic heterocycles. The van der Waals surface area contributed by atoms with Crippen LogP contribution in [0, 0.1) is 0 Å². The van der Waals surface area contributed by atoms with Gasteiger partial charge in [0.05, 0.1) is 6.04 Å². The maximum absolute atomic E-state index is 11.1. The third kappa shape index (κ3) is 5.31. The molecule has 2 aromatic rings. The first kappa shape index (κ1) is 20.8. The normalized spacial score (nSPS) is 21.7. The molecule has 1 aliphatic rings. The Hall–Kier alpha value is -1.95. The number of benzene rings is 2. The number of nitrogens with one attached hydrogen (secondary N) is 2. The van der Waals surface area contributed by atoms with E-state index in [1.54, 1.807) is 0 Å². The molecule has 150 valence electrons. The van der Waals surface area contributed by atoms with Crippen molar-refractivity contribution in [1.82, 2.24) is 15.5 Å². The van der Waals surface area contributed by atoms with Crippen LogP contribution in [0.15, 0.2) is 60.7 Å². The average molecular weight is 398 g/mol. The highest BCUT2D eigenvalue weighted by Crippen LogP contribution is 2.29. The van der Waals surface area contributed by atoms with Crippen LogP contribution in [0.3, 0.4) is 0 Å². The molecule has 3 rings (SSSR count). The minimum absolute atomic E-state index is 0.315. The molecule has 0 radical (unpaired) electrons. The van der Waals surface area contributed by atoms with Gasteiger partial charge in [-0.1, -0.05) is 73.5 Å². The van der Waals surface area contributed by atoms with Gasteiger partial charge in [0.25, 0.3) is 0 Å². The second kappa shape index (κ2) is 10.0. The molecule has 0 bridgehead atoms. The first-order valence-electron chi connectivity index (χ1n) is 10.1. The van der Waals surface area contributed by atoms with Gasteiger partial charge in [-0.3, -0.25) is 0 Å². The van der Waals surface area contributed by atoms with Crippen molar-refractivity contribution in [2.24, 2.45) is 0 Å². The fourth-order valence-corrected chi connectivity index (χ4v) is 4.37. The summed E-state index contributed by atoms with van der Waals surface area (Å²) in [5.41, 5.74) is 1.88. The second-order valence-corrected chi connectivity index (χ2v) is 8.19. The smallest absolute Gasteiger partial charge is 0.167 e. The number of nitrogens with zero attached hydrogens (tertiary/aromatic N) is 1. The fourth-order valence-electron chi connectivity index (χ4n) is 4.10. The first-order chi connectivity index (χ1) is 13.6. The summed E-state index contributed by atoms with van der Waals surface area (Å²) in [6, 6.07) is 20.2. The Morgan fingerprint density at radius 2 is 1.54 bits per heavy atom. The Kier molecular flexibility index (Phi) is 7.43. The third-order valence-electron chi connectivity index (χ3n) is 5.61. The zero-order valence-corrected chi connectivity index (χ0v) is 17.5. The number of rotatable bonds is 6. The number of aliphatic hydroxyl groups is 1. The molecule has 28 heavy (non-hydrogen) atoms. The monoisotopic (exact) mass is 397 g/mol. The van der Waals surface area contributed by atoms with Crippen molar-refractivity contribution < 1.29 is 5.11 Å². The van der Waals surface area contributed by atoms with Gasteiger partial charge in [-0.2, -0.15) is 0 Å². The van der Waals surface area contributed by atoms with E-state index in [9.17, 15) is 5.11 Å². The van der Waals surface area contributed by atoms with E-state index in [0.717, 1.165) is 17.5 Å². The molecule has 0 amide bonds. The number of thiocarbonyl (C=S) groups is 1. The van der Waals surface area contributed by atoms with E-state index in [2.05, 4.69) is 29.6 Å². The summed E-state index contributed by atoms with van der Waals surface area (Å²) in [7, 11) is 4.26. The van der Waals surface area contributed by atoms with Gasteiger partial charge in [0.15, 0.2) is 5.11 Å². The molecule has 0 spiro atoms. The SMILES string of the molecule is CN(C)[C@H]1CCCC[C@@H]1NC(=S)N[C@@H](c1ccccc1)[C@H](O)c1ccccc1. The van der Waals surface area contributed by atoms with Gasteiger partial charge in [-0.05, 0) is 50.3 Å². The first-order valence-corrected chi connectivity index (χ1v) is 10.5. The highest BCUT2D eigenvalue weighted by atomic mass is 32.1. The molecule has 4 nitrogen and oxygen atoms in total. The van der Waals surface area contributed by atoms with Crippen molar-refractivity contribution in [3.63, 3.8) is 0 Å². The molecule has 3 N–H and O–H groups in total. The van der Waals surface area contributed by atoms with E-state index in [1.807, 2.05) is 60.7 Å². The molecule has 1 saturated carbocycles. The minimum atomic E-state index is -0.695. The molecule has 4 atom stereocenters. The second-order valence-electron chi connectivity index (χ2n) is 7.78. The van der Waals surface area contributed by atoms with E-state index >= 15 is 0 Å². The van der Waals surface area contributed by atoms with Crippen molar-refractivity contribution in [2.75, 3.05) is 14.1 Å². The predicted molar refractivity (Wildman–Crippen MR) is 119 cm³/mol. The van der Waals surface area contributed by atoms with Crippen LogP contribution in [0.2, 0.25) is 0 Å². The van der Waals surface area contributed by atoms with Crippen LogP contribution in [0.4, 0.5) is 0 Å². The van der Waals surface area contributed by atoms with E-state index in [4.69, 9.17) is 12.2 Å². The van der Waals surface area contributed by atoms with Gasteiger partial charge >= 0.3 is 0 Å². The summed E-state index contributed by atoms with van der Waals surface area (Å²) >= 11 is 5.67. The van der Waals surface area contributed by atoms with E-state index in [1.165, 1.54) is 19.3 Å². The lowest BCUT2D eigenvalue weighted by atomic mass is 9.89. The maximum Gasteiger partial charge on any atom is 0.167 e. The molecule has 0 saturated heterocycles. The van der Waals surface area contributed by atoms with Crippen molar-refractivity contribution in [2.45, 2.75) is 49.9 Å². The molecule has 1 aliphatic carbocycles. The van der Waals surface area contributed by atoms with Gasteiger partial charge in [0, 0.05) is 12.1 Å². The van der Waals surface area contributed by atoms with Crippen LogP contribution in [-0.2, 0) is 0 Å². The molecule has 0 unspecified atom stereocenters. The van der Waals surface area contributed by atoms with Crippen LogP contribution >= 0.6 is 12.2 Å². The zero-order valence-electron chi connectivity index (χ0n) is 16.7. The summed E-state index contributed by atoms with van der Waals surface area (Å²) in [5.74, 6) is 0. The topological polar surface area (TPSA) is 47.5 Å². The maximum atomic E-state index is 11.1. The average Bonchev–Trinajstić information content (AvgIpc) is 2.73. The van der Waals surface area contributed by atoms with Crippen molar-refractivity contribution in [3.05, 3.63) is 71.8 Å². The van der Waals surface area contributed by atoms with Crippen LogP contribution < -0.4 is 10.6 Å². The summed E-state index contributed by atoms with van der Waals surface area (Å²) in [6.07, 6.45) is 4.09. The Balaban J connectivity index is 1.75. The highest BCUT2D eigenvalue weighted by Gasteiger charge is 2.29. The molecule has 5 heteroatoms. The van der Waals surface area contributed by atoms with Gasteiger partial charge in [0.2, 0.25) is 0 Å². The van der Waals surface area contributed by atoms with Gasteiger partial charge < -0.3 is 20.6 Å². The Morgan fingerprint density at radius 3 is 2.14 bits per heavy atom. The fraction of sp³-hybridized carbons (Fsp3) is 0.435. The van der Waals surface area contributed by atoms with E-state index in [-0.39, 0.29) is 6.04 Å². The quantitative estimate of drug-likeness (QED) is 0.647. The van der Waals surface area contributed by atoms with Crippen LogP contribution in [0.1, 0.15) is 49.0 Å². The van der Waals surface area contributed by atoms with Crippen molar-refractivity contribution in [3.8, 4) is 0 Å². The number of likely N-dealkylation sites (N-methyl/N-ethyl adjacent to an activating group) is 1. The van der Waals surface area contributed by atoms with E-state index < -0.39 is 6.10 Å². The van der Waals surface area contributed by atoms with Crippen molar-refractivity contribution in [1.29, 1.82) is 0 Å². The largest absolute Gasteiger partial charge is 0.386 e. The summed E-state index contributed by atoms with van der Waals surface area (Å²) in [5, 5.41) is 18.6. The van der Waals surface area contributed by atoms with Crippen LogP contribution in [-0.4, -0.2) is 41.3 Å². The van der Waals surface area contributed by atoms with Gasteiger partial charge in [-0.15, -0.1) is 0 Å². The Bertz CT molecular complexity index is 738. The van der Waals surface area contributed by atoms with Crippen LogP contribution in [0.5, 0.6) is 0 Å². The lowest BCUT2D eigenvalue weighted by Gasteiger charge is -2.38.